The average molecular weight is 348 g/mol. The Hall–Kier alpha value is -1.72. The van der Waals surface area contributed by atoms with E-state index in [1.165, 1.54) is 13.0 Å². The maximum absolute atomic E-state index is 13.7. The molecule has 0 saturated heterocycles. The maximum Gasteiger partial charge on any atom is 0.253 e. The van der Waals surface area contributed by atoms with Crippen molar-refractivity contribution in [1.82, 2.24) is 5.32 Å². The number of rotatable bonds is 3. The molecule has 0 bridgehead atoms. The van der Waals surface area contributed by atoms with Gasteiger partial charge in [0.25, 0.3) is 5.91 Å². The van der Waals surface area contributed by atoms with Crippen molar-refractivity contribution in [3.05, 3.63) is 69.0 Å². The van der Waals surface area contributed by atoms with Gasteiger partial charge in [0.2, 0.25) is 0 Å². The summed E-state index contributed by atoms with van der Waals surface area (Å²) in [4.78, 5) is 12.1. The van der Waals surface area contributed by atoms with Crippen LogP contribution in [0.3, 0.4) is 0 Å². The van der Waals surface area contributed by atoms with Crippen molar-refractivity contribution in [3.63, 3.8) is 0 Å². The molecule has 2 nitrogen and oxygen atoms in total. The number of carbonyl (C=O) groups is 1. The number of nitrogens with one attached hydrogen (secondary N) is 1. The molecule has 2 rings (SSSR count). The number of benzene rings is 2. The fourth-order valence-corrected chi connectivity index (χ4v) is 2.37. The summed E-state index contributed by atoms with van der Waals surface area (Å²) in [5, 5.41) is 2.22. The molecule has 0 heterocycles. The second-order valence-electron chi connectivity index (χ2n) is 4.61. The van der Waals surface area contributed by atoms with Crippen molar-refractivity contribution < 1.29 is 18.0 Å². The van der Waals surface area contributed by atoms with Gasteiger partial charge in [-0.2, -0.15) is 0 Å². The quantitative estimate of drug-likeness (QED) is 0.786. The molecule has 22 heavy (non-hydrogen) atoms. The van der Waals surface area contributed by atoms with Gasteiger partial charge in [-0.25, -0.2) is 13.2 Å². The van der Waals surface area contributed by atoms with E-state index >= 15 is 0 Å². The van der Waals surface area contributed by atoms with Crippen LogP contribution in [0.25, 0.3) is 0 Å². The fraction of sp³-hybridized carbons (Fsp3) is 0.133. The largest absolute Gasteiger partial charge is 0.345 e. The van der Waals surface area contributed by atoms with Crippen molar-refractivity contribution in [2.24, 2.45) is 0 Å². The van der Waals surface area contributed by atoms with E-state index < -0.39 is 29.4 Å². The molecule has 0 radical (unpaired) electrons. The smallest absolute Gasteiger partial charge is 0.253 e. The lowest BCUT2D eigenvalue weighted by Crippen LogP contribution is -2.27. The van der Waals surface area contributed by atoms with E-state index in [-0.39, 0.29) is 21.2 Å². The number of hydrogen-bond donors (Lipinski definition) is 1. The number of carbonyl (C=O) groups excluding carboxylic acids is 1. The highest BCUT2D eigenvalue weighted by atomic mass is 35.5. The highest BCUT2D eigenvalue weighted by molar-refractivity contribution is 6.36. The summed E-state index contributed by atoms with van der Waals surface area (Å²) in [6.45, 7) is 1.51. The molecular weight excluding hydrogens is 338 g/mol. The summed E-state index contributed by atoms with van der Waals surface area (Å²) < 4.78 is 39.9. The van der Waals surface area contributed by atoms with Crippen molar-refractivity contribution in [2.75, 3.05) is 0 Å². The Bertz CT molecular complexity index is 737. The van der Waals surface area contributed by atoms with Gasteiger partial charge < -0.3 is 5.32 Å². The second-order valence-corrected chi connectivity index (χ2v) is 5.42. The molecule has 0 aliphatic carbocycles. The van der Waals surface area contributed by atoms with E-state index in [0.29, 0.717) is 6.07 Å². The summed E-state index contributed by atoms with van der Waals surface area (Å²) in [7, 11) is 0. The standard InChI is InChI=1S/C15H10Cl2F3NO/c1-7(9-3-2-8(18)4-13(9)19)21-15(22)10-5-14(20)12(17)6-11(10)16/h2-7H,1H3,(H,21,22). The van der Waals surface area contributed by atoms with Gasteiger partial charge >= 0.3 is 0 Å². The molecule has 0 saturated carbocycles. The molecule has 1 N–H and O–H groups in total. The molecule has 0 aliphatic rings. The van der Waals surface area contributed by atoms with Crippen LogP contribution in [0.4, 0.5) is 13.2 Å². The molecule has 2 aromatic rings. The molecule has 2 aromatic carbocycles. The van der Waals surface area contributed by atoms with Crippen LogP contribution >= 0.6 is 23.2 Å². The summed E-state index contributed by atoms with van der Waals surface area (Å²) in [5.41, 5.74) is -0.0294. The first kappa shape index (κ1) is 16.6. The topological polar surface area (TPSA) is 29.1 Å². The lowest BCUT2D eigenvalue weighted by atomic mass is 10.1. The Morgan fingerprint density at radius 2 is 1.73 bits per heavy atom. The summed E-state index contributed by atoms with van der Waals surface area (Å²) in [6, 6.07) is 4.26. The first-order valence-electron chi connectivity index (χ1n) is 6.20. The first-order chi connectivity index (χ1) is 10.3. The van der Waals surface area contributed by atoms with E-state index in [0.717, 1.165) is 18.2 Å². The predicted molar refractivity (Wildman–Crippen MR) is 78.7 cm³/mol. The molecule has 1 atom stereocenters. The van der Waals surface area contributed by atoms with Gasteiger partial charge in [0.15, 0.2) is 0 Å². The average Bonchev–Trinajstić information content (AvgIpc) is 2.42. The van der Waals surface area contributed by atoms with Crippen molar-refractivity contribution >= 4 is 29.1 Å². The van der Waals surface area contributed by atoms with Crippen LogP contribution in [-0.4, -0.2) is 5.91 Å². The van der Waals surface area contributed by atoms with Gasteiger partial charge in [0, 0.05) is 11.6 Å². The van der Waals surface area contributed by atoms with Gasteiger partial charge in [-0.05, 0) is 25.1 Å². The zero-order chi connectivity index (χ0) is 16.4. The van der Waals surface area contributed by atoms with Crippen molar-refractivity contribution in [2.45, 2.75) is 13.0 Å². The van der Waals surface area contributed by atoms with Crippen molar-refractivity contribution in [1.29, 1.82) is 0 Å². The van der Waals surface area contributed by atoms with E-state index in [1.807, 2.05) is 0 Å². The van der Waals surface area contributed by atoms with E-state index in [1.54, 1.807) is 0 Å². The van der Waals surface area contributed by atoms with Crippen LogP contribution in [0.15, 0.2) is 30.3 Å². The minimum Gasteiger partial charge on any atom is -0.345 e. The monoisotopic (exact) mass is 347 g/mol. The third-order valence-electron chi connectivity index (χ3n) is 3.03. The highest BCUT2D eigenvalue weighted by Crippen LogP contribution is 2.25. The van der Waals surface area contributed by atoms with Gasteiger partial charge in [-0.15, -0.1) is 0 Å². The normalized spacial score (nSPS) is 12.1. The number of amides is 1. The predicted octanol–water partition coefficient (Wildman–Crippen LogP) is 4.90. The van der Waals surface area contributed by atoms with Gasteiger partial charge in [-0.3, -0.25) is 4.79 Å². The first-order valence-corrected chi connectivity index (χ1v) is 6.95. The van der Waals surface area contributed by atoms with Gasteiger partial charge in [0.05, 0.1) is 21.7 Å². The van der Waals surface area contributed by atoms with Crippen LogP contribution in [0, 0.1) is 17.5 Å². The molecule has 0 spiro atoms. The van der Waals surface area contributed by atoms with Crippen molar-refractivity contribution in [3.8, 4) is 0 Å². The number of hydrogen-bond acceptors (Lipinski definition) is 1. The Morgan fingerprint density at radius 3 is 2.36 bits per heavy atom. The Morgan fingerprint density at radius 1 is 1.05 bits per heavy atom. The summed E-state index contributed by atoms with van der Waals surface area (Å²) in [5.74, 6) is -3.00. The molecular formula is C15H10Cl2F3NO. The number of halogens is 5. The fourth-order valence-electron chi connectivity index (χ4n) is 1.90. The molecule has 0 fully saturated rings. The van der Waals surface area contributed by atoms with Crippen LogP contribution in [0.1, 0.15) is 28.9 Å². The Labute approximate surface area is 134 Å². The van der Waals surface area contributed by atoms with E-state index in [9.17, 15) is 18.0 Å². The SMILES string of the molecule is CC(NC(=O)c1cc(F)c(Cl)cc1Cl)c1ccc(F)cc1F. The summed E-state index contributed by atoms with van der Waals surface area (Å²) >= 11 is 11.4. The minimum absolute atomic E-state index is 0.0318. The van der Waals surface area contributed by atoms with Gasteiger partial charge in [0.1, 0.15) is 17.5 Å². The molecule has 1 amide bonds. The summed E-state index contributed by atoms with van der Waals surface area (Å²) in [6.07, 6.45) is 0. The molecule has 116 valence electrons. The molecule has 0 aliphatic heterocycles. The van der Waals surface area contributed by atoms with Crippen LogP contribution in [0.2, 0.25) is 10.0 Å². The third kappa shape index (κ3) is 3.54. The second kappa shape index (κ2) is 6.58. The zero-order valence-electron chi connectivity index (χ0n) is 11.3. The Kier molecular flexibility index (Phi) is 4.98. The van der Waals surface area contributed by atoms with E-state index in [4.69, 9.17) is 23.2 Å². The lowest BCUT2D eigenvalue weighted by Gasteiger charge is -2.16. The van der Waals surface area contributed by atoms with E-state index in [2.05, 4.69) is 5.32 Å². The van der Waals surface area contributed by atoms with Gasteiger partial charge in [-0.1, -0.05) is 29.3 Å². The van der Waals surface area contributed by atoms with Crippen LogP contribution < -0.4 is 5.32 Å². The zero-order valence-corrected chi connectivity index (χ0v) is 12.8. The Balaban J connectivity index is 2.23. The highest BCUT2D eigenvalue weighted by Gasteiger charge is 2.18. The van der Waals surface area contributed by atoms with Crippen LogP contribution in [0.5, 0.6) is 0 Å². The lowest BCUT2D eigenvalue weighted by molar-refractivity contribution is 0.0939. The molecule has 7 heteroatoms. The third-order valence-corrected chi connectivity index (χ3v) is 3.63. The maximum atomic E-state index is 13.7. The molecule has 0 aromatic heterocycles. The van der Waals surface area contributed by atoms with Crippen LogP contribution in [-0.2, 0) is 0 Å². The molecule has 1 unspecified atom stereocenters. The minimum atomic E-state index is -0.795.